The van der Waals surface area contributed by atoms with Crippen LogP contribution in [-0.4, -0.2) is 27.2 Å². The van der Waals surface area contributed by atoms with Crippen molar-refractivity contribution in [1.29, 1.82) is 0 Å². The molecule has 0 aliphatic carbocycles. The van der Waals surface area contributed by atoms with Gasteiger partial charge in [0.25, 0.3) is 0 Å². The SMILES string of the molecule is O=C(CCCC(=O)Nc1nnc(CCc2ccccc2)s1)NO. The molecule has 0 radical (unpaired) electrons. The number of nitrogens with one attached hydrogen (secondary N) is 2. The second kappa shape index (κ2) is 8.96. The van der Waals surface area contributed by atoms with Crippen molar-refractivity contribution in [1.82, 2.24) is 15.7 Å². The summed E-state index contributed by atoms with van der Waals surface area (Å²) in [5.41, 5.74) is 2.76. The highest BCUT2D eigenvalue weighted by atomic mass is 32.1. The van der Waals surface area contributed by atoms with Crippen molar-refractivity contribution < 1.29 is 14.8 Å². The summed E-state index contributed by atoms with van der Waals surface area (Å²) in [6.07, 6.45) is 2.29. The van der Waals surface area contributed by atoms with Crippen LogP contribution >= 0.6 is 11.3 Å². The third-order valence-corrected chi connectivity index (χ3v) is 4.01. The molecule has 3 N–H and O–H groups in total. The zero-order valence-electron chi connectivity index (χ0n) is 12.5. The largest absolute Gasteiger partial charge is 0.301 e. The first-order valence-electron chi connectivity index (χ1n) is 7.26. The topological polar surface area (TPSA) is 104 Å². The molecule has 7 nitrogen and oxygen atoms in total. The number of anilines is 1. The quantitative estimate of drug-likeness (QED) is 0.505. The van der Waals surface area contributed by atoms with Gasteiger partial charge in [-0.25, -0.2) is 5.48 Å². The molecule has 122 valence electrons. The van der Waals surface area contributed by atoms with Crippen LogP contribution in [0.5, 0.6) is 0 Å². The van der Waals surface area contributed by atoms with Gasteiger partial charge in [0.05, 0.1) is 0 Å². The Kier molecular flexibility index (Phi) is 6.64. The molecule has 0 saturated carbocycles. The molecular weight excluding hydrogens is 316 g/mol. The molecule has 1 aromatic heterocycles. The predicted molar refractivity (Wildman–Crippen MR) is 86.2 cm³/mol. The maximum Gasteiger partial charge on any atom is 0.243 e. The fraction of sp³-hybridized carbons (Fsp3) is 0.333. The minimum absolute atomic E-state index is 0.0996. The molecule has 2 amide bonds. The van der Waals surface area contributed by atoms with Gasteiger partial charge in [-0.05, 0) is 18.4 Å². The lowest BCUT2D eigenvalue weighted by Gasteiger charge is -2.00. The van der Waals surface area contributed by atoms with Gasteiger partial charge in [-0.15, -0.1) is 10.2 Å². The van der Waals surface area contributed by atoms with E-state index in [2.05, 4.69) is 27.6 Å². The molecule has 0 fully saturated rings. The van der Waals surface area contributed by atoms with Crippen LogP contribution in [0.1, 0.15) is 29.8 Å². The number of aryl methyl sites for hydroxylation is 2. The van der Waals surface area contributed by atoms with E-state index in [4.69, 9.17) is 5.21 Å². The smallest absolute Gasteiger partial charge is 0.243 e. The monoisotopic (exact) mass is 334 g/mol. The lowest BCUT2D eigenvalue weighted by atomic mass is 10.1. The molecule has 1 heterocycles. The van der Waals surface area contributed by atoms with Crippen molar-refractivity contribution in [2.24, 2.45) is 0 Å². The van der Waals surface area contributed by atoms with Crippen molar-refractivity contribution in [3.05, 3.63) is 40.9 Å². The summed E-state index contributed by atoms with van der Waals surface area (Å²) in [5.74, 6) is -0.724. The second-order valence-corrected chi connectivity index (χ2v) is 5.99. The van der Waals surface area contributed by atoms with Gasteiger partial charge >= 0.3 is 0 Å². The standard InChI is InChI=1S/C15H18N4O3S/c20-12(7-4-8-13(21)19-22)16-15-18-17-14(23-15)10-9-11-5-2-1-3-6-11/h1-3,5-6,22H,4,7-10H2,(H,19,21)(H,16,18,20). The average molecular weight is 334 g/mol. The summed E-state index contributed by atoms with van der Waals surface area (Å²) in [6.45, 7) is 0. The highest BCUT2D eigenvalue weighted by Crippen LogP contribution is 2.17. The summed E-state index contributed by atoms with van der Waals surface area (Å²) in [5, 5.41) is 20.4. The zero-order chi connectivity index (χ0) is 16.5. The lowest BCUT2D eigenvalue weighted by Crippen LogP contribution is -2.19. The van der Waals surface area contributed by atoms with E-state index in [-0.39, 0.29) is 18.7 Å². The molecule has 23 heavy (non-hydrogen) atoms. The number of aromatic nitrogens is 2. The summed E-state index contributed by atoms with van der Waals surface area (Å²) in [7, 11) is 0. The highest BCUT2D eigenvalue weighted by Gasteiger charge is 2.09. The Bertz CT molecular complexity index is 645. The van der Waals surface area contributed by atoms with Crippen molar-refractivity contribution in [2.75, 3.05) is 5.32 Å². The van der Waals surface area contributed by atoms with E-state index in [1.54, 1.807) is 0 Å². The van der Waals surface area contributed by atoms with Crippen LogP contribution in [0.25, 0.3) is 0 Å². The number of carbonyl (C=O) groups excluding carboxylic acids is 2. The van der Waals surface area contributed by atoms with Gasteiger partial charge in [0, 0.05) is 19.3 Å². The molecule has 8 heteroatoms. The van der Waals surface area contributed by atoms with Gasteiger partial charge < -0.3 is 5.32 Å². The maximum atomic E-state index is 11.7. The number of carbonyl (C=O) groups is 2. The summed E-state index contributed by atoms with van der Waals surface area (Å²) in [6, 6.07) is 10.1. The number of nitrogens with zero attached hydrogens (tertiary/aromatic N) is 2. The Hall–Kier alpha value is -2.32. The van der Waals surface area contributed by atoms with E-state index < -0.39 is 5.91 Å². The molecule has 0 spiro atoms. The van der Waals surface area contributed by atoms with Crippen LogP contribution in [0, 0.1) is 0 Å². The van der Waals surface area contributed by atoms with Gasteiger partial charge in [0.1, 0.15) is 5.01 Å². The molecule has 0 aliphatic rings. The van der Waals surface area contributed by atoms with E-state index in [0.717, 1.165) is 17.8 Å². The van der Waals surface area contributed by atoms with Crippen LogP contribution in [0.15, 0.2) is 30.3 Å². The number of benzene rings is 1. The average Bonchev–Trinajstić information content (AvgIpc) is 3.01. The van der Waals surface area contributed by atoms with Gasteiger partial charge in [-0.1, -0.05) is 41.7 Å². The van der Waals surface area contributed by atoms with Gasteiger partial charge in [0.15, 0.2) is 0 Å². The van der Waals surface area contributed by atoms with E-state index in [9.17, 15) is 9.59 Å². The molecule has 0 unspecified atom stereocenters. The Balaban J connectivity index is 1.73. The Morgan fingerprint density at radius 3 is 2.52 bits per heavy atom. The molecule has 1 aromatic carbocycles. The number of hydroxylamine groups is 1. The molecule has 2 rings (SSSR count). The third kappa shape index (κ3) is 6.13. The Labute approximate surface area is 137 Å². The van der Waals surface area contributed by atoms with Crippen LogP contribution in [0.3, 0.4) is 0 Å². The molecule has 0 atom stereocenters. The summed E-state index contributed by atoms with van der Waals surface area (Å²) in [4.78, 5) is 22.5. The fourth-order valence-electron chi connectivity index (χ4n) is 1.95. The van der Waals surface area contributed by atoms with E-state index in [1.807, 2.05) is 18.2 Å². The number of amides is 2. The fourth-order valence-corrected chi connectivity index (χ4v) is 2.70. The molecule has 0 bridgehead atoms. The highest BCUT2D eigenvalue weighted by molar-refractivity contribution is 7.15. The van der Waals surface area contributed by atoms with Crippen molar-refractivity contribution in [3.63, 3.8) is 0 Å². The number of rotatable bonds is 8. The maximum absolute atomic E-state index is 11.7. The minimum Gasteiger partial charge on any atom is -0.301 e. The zero-order valence-corrected chi connectivity index (χ0v) is 13.3. The van der Waals surface area contributed by atoms with E-state index in [1.165, 1.54) is 22.4 Å². The molecule has 0 aliphatic heterocycles. The van der Waals surface area contributed by atoms with Crippen LogP contribution < -0.4 is 10.8 Å². The first-order valence-corrected chi connectivity index (χ1v) is 8.08. The van der Waals surface area contributed by atoms with Crippen molar-refractivity contribution in [2.45, 2.75) is 32.1 Å². The van der Waals surface area contributed by atoms with E-state index in [0.29, 0.717) is 11.6 Å². The minimum atomic E-state index is -0.503. The lowest BCUT2D eigenvalue weighted by molar-refractivity contribution is -0.129. The Morgan fingerprint density at radius 1 is 1.04 bits per heavy atom. The first kappa shape index (κ1) is 17.0. The van der Waals surface area contributed by atoms with E-state index >= 15 is 0 Å². The number of hydrogen-bond acceptors (Lipinski definition) is 6. The first-order chi connectivity index (χ1) is 11.2. The second-order valence-electron chi connectivity index (χ2n) is 4.92. The normalized spacial score (nSPS) is 10.3. The van der Waals surface area contributed by atoms with Crippen molar-refractivity contribution in [3.8, 4) is 0 Å². The van der Waals surface area contributed by atoms with Gasteiger partial charge in [-0.3, -0.25) is 14.8 Å². The van der Waals surface area contributed by atoms with Crippen LogP contribution in [0.4, 0.5) is 5.13 Å². The predicted octanol–water partition coefficient (Wildman–Crippen LogP) is 1.94. The van der Waals surface area contributed by atoms with Gasteiger partial charge in [-0.2, -0.15) is 0 Å². The van der Waals surface area contributed by atoms with Crippen LogP contribution in [-0.2, 0) is 22.4 Å². The van der Waals surface area contributed by atoms with Crippen molar-refractivity contribution >= 4 is 28.3 Å². The molecule has 2 aromatic rings. The number of hydrogen-bond donors (Lipinski definition) is 3. The Morgan fingerprint density at radius 2 is 1.78 bits per heavy atom. The molecular formula is C15H18N4O3S. The summed E-state index contributed by atoms with van der Waals surface area (Å²) < 4.78 is 0. The third-order valence-electron chi connectivity index (χ3n) is 3.12. The van der Waals surface area contributed by atoms with Gasteiger partial charge in [0.2, 0.25) is 16.9 Å². The van der Waals surface area contributed by atoms with Crippen LogP contribution in [0.2, 0.25) is 0 Å². The summed E-state index contributed by atoms with van der Waals surface area (Å²) >= 11 is 1.35. The molecule has 0 saturated heterocycles.